The molecule has 0 aliphatic carbocycles. The van der Waals surface area contributed by atoms with Gasteiger partial charge in [-0.2, -0.15) is 0 Å². The summed E-state index contributed by atoms with van der Waals surface area (Å²) in [5, 5.41) is 13.8. The highest BCUT2D eigenvalue weighted by Crippen LogP contribution is 2.35. The van der Waals surface area contributed by atoms with Gasteiger partial charge in [-0.3, -0.25) is 0 Å². The van der Waals surface area contributed by atoms with Crippen LogP contribution in [-0.2, 0) is 0 Å². The van der Waals surface area contributed by atoms with Crippen molar-refractivity contribution in [2.75, 3.05) is 0 Å². The summed E-state index contributed by atoms with van der Waals surface area (Å²) in [5.41, 5.74) is 1.42. The van der Waals surface area contributed by atoms with Gasteiger partial charge >= 0.3 is 5.97 Å². The van der Waals surface area contributed by atoms with E-state index in [1.54, 1.807) is 48.5 Å². The van der Waals surface area contributed by atoms with Crippen molar-refractivity contribution in [2.24, 2.45) is 0 Å². The number of hydrogen-bond donors (Lipinski definition) is 1. The number of nitrogens with zero attached hydrogens (tertiary/aromatic N) is 1. The molecule has 1 N–H and O–H groups in total. The summed E-state index contributed by atoms with van der Waals surface area (Å²) < 4.78 is 5.26. The number of benzene rings is 2. The second kappa shape index (κ2) is 5.42. The normalized spacial score (nSPS) is 10.5. The minimum Gasteiger partial charge on any atom is -0.477 e. The first-order valence-electron chi connectivity index (χ1n) is 6.22. The van der Waals surface area contributed by atoms with Crippen LogP contribution in [0.15, 0.2) is 59.1 Å². The zero-order valence-corrected chi connectivity index (χ0v) is 11.5. The van der Waals surface area contributed by atoms with Crippen molar-refractivity contribution in [3.05, 3.63) is 65.2 Å². The molecule has 2 aromatic carbocycles. The van der Waals surface area contributed by atoms with Gasteiger partial charge in [0, 0.05) is 11.1 Å². The molecule has 1 aromatic heterocycles. The molecule has 0 radical (unpaired) electrons. The third-order valence-corrected chi connectivity index (χ3v) is 3.40. The van der Waals surface area contributed by atoms with Crippen LogP contribution >= 0.6 is 11.6 Å². The van der Waals surface area contributed by atoms with E-state index in [4.69, 9.17) is 16.1 Å². The second-order valence-corrected chi connectivity index (χ2v) is 4.79. The molecular weight excluding hydrogens is 290 g/mol. The van der Waals surface area contributed by atoms with Gasteiger partial charge in [0.15, 0.2) is 5.76 Å². The molecule has 0 bridgehead atoms. The number of aromatic nitrogens is 1. The first kappa shape index (κ1) is 13.4. The highest BCUT2D eigenvalue weighted by molar-refractivity contribution is 6.33. The van der Waals surface area contributed by atoms with Crippen LogP contribution in [0.2, 0.25) is 5.02 Å². The molecule has 0 fully saturated rings. The van der Waals surface area contributed by atoms with Crippen molar-refractivity contribution in [3.63, 3.8) is 0 Å². The lowest BCUT2D eigenvalue weighted by atomic mass is 10.0. The molecule has 5 heteroatoms. The average Bonchev–Trinajstić information content (AvgIpc) is 2.93. The van der Waals surface area contributed by atoms with Crippen LogP contribution < -0.4 is 0 Å². The first-order chi connectivity index (χ1) is 10.2. The third-order valence-electron chi connectivity index (χ3n) is 3.07. The topological polar surface area (TPSA) is 63.3 Å². The van der Waals surface area contributed by atoms with Gasteiger partial charge in [0.2, 0.25) is 0 Å². The van der Waals surface area contributed by atoms with Crippen LogP contribution in [0.25, 0.3) is 22.6 Å². The van der Waals surface area contributed by atoms with Gasteiger partial charge in [0.1, 0.15) is 11.3 Å². The van der Waals surface area contributed by atoms with Crippen LogP contribution in [0.3, 0.4) is 0 Å². The average molecular weight is 300 g/mol. The predicted molar refractivity (Wildman–Crippen MR) is 79.3 cm³/mol. The number of halogens is 1. The van der Waals surface area contributed by atoms with Gasteiger partial charge in [0.05, 0.1) is 5.02 Å². The standard InChI is InChI=1S/C16H10ClNO3/c17-12-9-5-4-8-11(12)14-13(16(19)20)15(21-18-14)10-6-2-1-3-7-10/h1-9H,(H,19,20). The predicted octanol–water partition coefficient (Wildman–Crippen LogP) is 4.36. The van der Waals surface area contributed by atoms with Crippen molar-refractivity contribution in [3.8, 4) is 22.6 Å². The SMILES string of the molecule is O=C(O)c1c(-c2ccccc2Cl)noc1-c1ccccc1. The van der Waals surface area contributed by atoms with E-state index in [9.17, 15) is 9.90 Å². The molecule has 0 spiro atoms. The smallest absolute Gasteiger partial charge is 0.342 e. The zero-order valence-electron chi connectivity index (χ0n) is 10.8. The molecule has 0 unspecified atom stereocenters. The van der Waals surface area contributed by atoms with E-state index < -0.39 is 5.97 Å². The van der Waals surface area contributed by atoms with Crippen molar-refractivity contribution in [1.29, 1.82) is 0 Å². The summed E-state index contributed by atoms with van der Waals surface area (Å²) in [7, 11) is 0. The molecule has 0 aliphatic heterocycles. The summed E-state index contributed by atoms with van der Waals surface area (Å²) in [6.45, 7) is 0. The van der Waals surface area contributed by atoms with Gasteiger partial charge in [-0.1, -0.05) is 65.3 Å². The summed E-state index contributed by atoms with van der Waals surface area (Å²) >= 11 is 6.12. The zero-order chi connectivity index (χ0) is 14.8. The summed E-state index contributed by atoms with van der Waals surface area (Å²) in [5.74, 6) is -0.886. The van der Waals surface area contributed by atoms with E-state index in [0.29, 0.717) is 16.1 Å². The van der Waals surface area contributed by atoms with Crippen LogP contribution in [0, 0.1) is 0 Å². The highest BCUT2D eigenvalue weighted by atomic mass is 35.5. The minimum absolute atomic E-state index is 0.00861. The monoisotopic (exact) mass is 299 g/mol. The molecule has 0 aliphatic rings. The Labute approximate surface area is 125 Å². The Kier molecular flexibility index (Phi) is 3.46. The quantitative estimate of drug-likeness (QED) is 0.780. The Morgan fingerprint density at radius 1 is 1.05 bits per heavy atom. The number of hydrogen-bond acceptors (Lipinski definition) is 3. The molecule has 4 nitrogen and oxygen atoms in total. The maximum Gasteiger partial charge on any atom is 0.342 e. The Bertz CT molecular complexity index is 796. The van der Waals surface area contributed by atoms with E-state index in [1.165, 1.54) is 0 Å². The fourth-order valence-electron chi connectivity index (χ4n) is 2.11. The third kappa shape index (κ3) is 2.41. The molecule has 1 heterocycles. The molecule has 3 aromatic rings. The summed E-state index contributed by atoms with van der Waals surface area (Å²) in [4.78, 5) is 11.6. The molecule has 0 saturated carbocycles. The molecule has 0 atom stereocenters. The maximum atomic E-state index is 11.6. The maximum absolute atomic E-state index is 11.6. The number of rotatable bonds is 3. The molecule has 21 heavy (non-hydrogen) atoms. The van der Waals surface area contributed by atoms with Gasteiger partial charge in [-0.05, 0) is 6.07 Å². The largest absolute Gasteiger partial charge is 0.477 e. The van der Waals surface area contributed by atoms with Gasteiger partial charge in [0.25, 0.3) is 0 Å². The van der Waals surface area contributed by atoms with Crippen LogP contribution in [0.5, 0.6) is 0 Å². The van der Waals surface area contributed by atoms with Crippen molar-refractivity contribution >= 4 is 17.6 Å². The molecule has 0 amide bonds. The Morgan fingerprint density at radius 2 is 1.71 bits per heavy atom. The summed E-state index contributed by atoms with van der Waals surface area (Å²) in [6, 6.07) is 15.9. The van der Waals surface area contributed by atoms with Crippen LogP contribution in [0.4, 0.5) is 0 Å². The van der Waals surface area contributed by atoms with Gasteiger partial charge < -0.3 is 9.63 Å². The van der Waals surface area contributed by atoms with E-state index in [1.807, 2.05) is 6.07 Å². The fourth-order valence-corrected chi connectivity index (χ4v) is 2.34. The van der Waals surface area contributed by atoms with Crippen molar-refractivity contribution in [2.45, 2.75) is 0 Å². The van der Waals surface area contributed by atoms with Crippen LogP contribution in [0.1, 0.15) is 10.4 Å². The van der Waals surface area contributed by atoms with E-state index in [2.05, 4.69) is 5.16 Å². The second-order valence-electron chi connectivity index (χ2n) is 4.39. The lowest BCUT2D eigenvalue weighted by molar-refractivity contribution is 0.0698. The first-order valence-corrected chi connectivity index (χ1v) is 6.59. The van der Waals surface area contributed by atoms with E-state index >= 15 is 0 Å². The molecule has 0 saturated heterocycles. The molecule has 104 valence electrons. The number of aromatic carboxylic acids is 1. The highest BCUT2D eigenvalue weighted by Gasteiger charge is 2.25. The fraction of sp³-hybridized carbons (Fsp3) is 0. The van der Waals surface area contributed by atoms with Crippen LogP contribution in [-0.4, -0.2) is 16.2 Å². The van der Waals surface area contributed by atoms with E-state index in [0.717, 1.165) is 0 Å². The van der Waals surface area contributed by atoms with E-state index in [-0.39, 0.29) is 17.0 Å². The Balaban J connectivity index is 2.23. The lowest BCUT2D eigenvalue weighted by Gasteiger charge is -2.01. The number of carbonyl (C=O) groups is 1. The van der Waals surface area contributed by atoms with Gasteiger partial charge in [-0.25, -0.2) is 4.79 Å². The van der Waals surface area contributed by atoms with Gasteiger partial charge in [-0.15, -0.1) is 0 Å². The Morgan fingerprint density at radius 3 is 2.38 bits per heavy atom. The molecule has 3 rings (SSSR count). The molecular formula is C16H10ClNO3. The summed E-state index contributed by atoms with van der Waals surface area (Å²) in [6.07, 6.45) is 0. The Hall–Kier alpha value is -2.59. The minimum atomic E-state index is -1.11. The number of carboxylic acids is 1. The number of carboxylic acid groups (broad SMARTS) is 1. The van der Waals surface area contributed by atoms with Crippen molar-refractivity contribution < 1.29 is 14.4 Å². The van der Waals surface area contributed by atoms with Crippen molar-refractivity contribution in [1.82, 2.24) is 5.16 Å². The lowest BCUT2D eigenvalue weighted by Crippen LogP contribution is -1.99.